The van der Waals surface area contributed by atoms with Crippen LogP contribution in [0, 0.1) is 25.2 Å². The molecule has 1 aliphatic heterocycles. The summed E-state index contributed by atoms with van der Waals surface area (Å²) in [7, 11) is 0. The first-order valence-electron chi connectivity index (χ1n) is 10.1. The molecule has 0 bridgehead atoms. The highest BCUT2D eigenvalue weighted by atomic mass is 127. The van der Waals surface area contributed by atoms with Gasteiger partial charge >= 0.3 is 0 Å². The number of aliphatic imine (C=N–C) groups is 1. The van der Waals surface area contributed by atoms with E-state index in [1.165, 1.54) is 6.42 Å². The number of ether oxygens (including phenoxy) is 1. The van der Waals surface area contributed by atoms with Gasteiger partial charge in [0.1, 0.15) is 17.1 Å². The fourth-order valence-corrected chi connectivity index (χ4v) is 4.77. The summed E-state index contributed by atoms with van der Waals surface area (Å²) in [5, 5.41) is 17.9. The van der Waals surface area contributed by atoms with Crippen LogP contribution in [0.1, 0.15) is 57.6 Å². The van der Waals surface area contributed by atoms with E-state index in [-0.39, 0.29) is 35.9 Å². The van der Waals surface area contributed by atoms with Crippen molar-refractivity contribution in [1.82, 2.24) is 10.6 Å². The van der Waals surface area contributed by atoms with Crippen LogP contribution in [-0.2, 0) is 10.3 Å². The molecule has 0 aromatic carbocycles. The zero-order chi connectivity index (χ0) is 19.8. The Hall–Kier alpha value is -0.800. The van der Waals surface area contributed by atoms with E-state index in [0.29, 0.717) is 18.1 Å². The highest BCUT2D eigenvalue weighted by Gasteiger charge is 2.58. The van der Waals surface area contributed by atoms with Gasteiger partial charge in [-0.05, 0) is 46.6 Å². The van der Waals surface area contributed by atoms with Crippen LogP contribution < -0.4 is 10.6 Å². The average Bonchev–Trinajstić information content (AvgIpc) is 2.96. The van der Waals surface area contributed by atoms with E-state index in [1.807, 2.05) is 19.9 Å². The molecule has 1 aromatic rings. The lowest BCUT2D eigenvalue weighted by molar-refractivity contribution is -0.188. The molecule has 1 saturated carbocycles. The van der Waals surface area contributed by atoms with Crippen molar-refractivity contribution in [2.45, 2.75) is 72.1 Å². The molecule has 28 heavy (non-hydrogen) atoms. The van der Waals surface area contributed by atoms with Crippen LogP contribution in [-0.4, -0.2) is 42.9 Å². The first kappa shape index (κ1) is 23.5. The molecule has 1 aromatic heterocycles. The molecule has 0 spiro atoms. The highest BCUT2D eigenvalue weighted by Crippen LogP contribution is 2.51. The lowest BCUT2D eigenvalue weighted by Gasteiger charge is -2.60. The molecule has 0 radical (unpaired) electrons. The Kier molecular flexibility index (Phi) is 7.48. The number of guanidine groups is 1. The van der Waals surface area contributed by atoms with Crippen molar-refractivity contribution in [3.05, 3.63) is 23.2 Å². The molecule has 4 unspecified atom stereocenters. The molecule has 3 N–H and O–H groups in total. The first-order chi connectivity index (χ1) is 12.7. The Morgan fingerprint density at radius 3 is 2.71 bits per heavy atom. The van der Waals surface area contributed by atoms with Gasteiger partial charge in [-0.25, -0.2) is 4.99 Å². The number of aryl methyl sites for hydroxylation is 2. The van der Waals surface area contributed by atoms with Gasteiger partial charge in [-0.15, -0.1) is 24.0 Å². The second-order valence-electron chi connectivity index (χ2n) is 8.84. The van der Waals surface area contributed by atoms with Gasteiger partial charge in [-0.3, -0.25) is 0 Å². The summed E-state index contributed by atoms with van der Waals surface area (Å²) in [6.45, 7) is 14.0. The maximum atomic E-state index is 10.9. The number of nitrogens with one attached hydrogen (secondary N) is 2. The number of fused-ring (bicyclic) bond motifs is 1. The molecule has 4 atom stereocenters. The van der Waals surface area contributed by atoms with Crippen LogP contribution in [0.2, 0.25) is 0 Å². The van der Waals surface area contributed by atoms with Crippen molar-refractivity contribution in [3.8, 4) is 0 Å². The molecular formula is C21H36IN3O3. The lowest BCUT2D eigenvalue weighted by atomic mass is 9.55. The molecule has 3 rings (SSSR count). The van der Waals surface area contributed by atoms with E-state index < -0.39 is 5.60 Å². The predicted molar refractivity (Wildman–Crippen MR) is 122 cm³/mol. The number of nitrogens with zero attached hydrogens (tertiary/aromatic N) is 1. The van der Waals surface area contributed by atoms with Crippen molar-refractivity contribution < 1.29 is 14.3 Å². The molecule has 1 aliphatic carbocycles. The smallest absolute Gasteiger partial charge is 0.191 e. The van der Waals surface area contributed by atoms with Gasteiger partial charge in [0.05, 0.1) is 12.6 Å². The normalized spacial score (nSPS) is 28.4. The number of hydrogen-bond donors (Lipinski definition) is 3. The van der Waals surface area contributed by atoms with Crippen LogP contribution in [0.3, 0.4) is 0 Å². The molecule has 0 amide bonds. The number of hydrogen-bond acceptors (Lipinski definition) is 4. The van der Waals surface area contributed by atoms with Crippen LogP contribution in [0.15, 0.2) is 15.5 Å². The van der Waals surface area contributed by atoms with Crippen molar-refractivity contribution in [1.29, 1.82) is 0 Å². The summed E-state index contributed by atoms with van der Waals surface area (Å²) in [6.07, 6.45) is 2.64. The predicted octanol–water partition coefficient (Wildman–Crippen LogP) is 3.48. The van der Waals surface area contributed by atoms with Gasteiger partial charge in [0, 0.05) is 36.1 Å². The largest absolute Gasteiger partial charge is 0.466 e. The molecule has 6 nitrogen and oxygen atoms in total. The Balaban J connectivity index is 0.00000280. The minimum atomic E-state index is -1.07. The summed E-state index contributed by atoms with van der Waals surface area (Å²) >= 11 is 0. The third-order valence-electron chi connectivity index (χ3n) is 6.13. The summed E-state index contributed by atoms with van der Waals surface area (Å²) in [6, 6.07) is 2.22. The standard InChI is InChI=1S/C21H35N3O3.HI/c1-7-22-19(23-12-21(6,25)16-11-13(2)27-14(16)3)24-17-15-9-8-10-26-18(15)20(17,4)5;/h11,15,17-18,25H,7-10,12H2,1-6H3,(H2,22,23,24);1H. The van der Waals surface area contributed by atoms with Gasteiger partial charge in [-0.1, -0.05) is 13.8 Å². The summed E-state index contributed by atoms with van der Waals surface area (Å²) in [5.41, 5.74) is -0.206. The zero-order valence-electron chi connectivity index (χ0n) is 18.0. The van der Waals surface area contributed by atoms with Gasteiger partial charge in [0.25, 0.3) is 0 Å². The Labute approximate surface area is 185 Å². The van der Waals surface area contributed by atoms with Crippen LogP contribution in [0.25, 0.3) is 0 Å². The Morgan fingerprint density at radius 1 is 1.39 bits per heavy atom. The Morgan fingerprint density at radius 2 is 2.11 bits per heavy atom. The lowest BCUT2D eigenvalue weighted by Crippen LogP contribution is -2.71. The minimum absolute atomic E-state index is 0. The van der Waals surface area contributed by atoms with E-state index >= 15 is 0 Å². The van der Waals surface area contributed by atoms with Gasteiger partial charge in [0.15, 0.2) is 5.96 Å². The molecule has 7 heteroatoms. The fraction of sp³-hybridized carbons (Fsp3) is 0.762. The topological polar surface area (TPSA) is 79.0 Å². The minimum Gasteiger partial charge on any atom is -0.466 e. The molecule has 1 saturated heterocycles. The van der Waals surface area contributed by atoms with E-state index in [9.17, 15) is 5.11 Å². The summed E-state index contributed by atoms with van der Waals surface area (Å²) < 4.78 is 11.6. The SMILES string of the molecule is CCNC(=NCC(C)(O)c1cc(C)oc1C)NC1C2CCCOC2C1(C)C.I. The quantitative estimate of drug-likeness (QED) is 0.325. The maximum Gasteiger partial charge on any atom is 0.191 e. The average molecular weight is 505 g/mol. The third kappa shape index (κ3) is 4.51. The molecular weight excluding hydrogens is 469 g/mol. The second-order valence-corrected chi connectivity index (χ2v) is 8.84. The van der Waals surface area contributed by atoms with E-state index in [1.54, 1.807) is 6.92 Å². The van der Waals surface area contributed by atoms with Crippen molar-refractivity contribution in [3.63, 3.8) is 0 Å². The molecule has 160 valence electrons. The first-order valence-corrected chi connectivity index (χ1v) is 10.1. The summed E-state index contributed by atoms with van der Waals surface area (Å²) in [5.74, 6) is 2.82. The van der Waals surface area contributed by atoms with E-state index in [2.05, 4.69) is 31.4 Å². The molecule has 2 heterocycles. The molecule has 2 aliphatic rings. The van der Waals surface area contributed by atoms with Crippen molar-refractivity contribution in [2.24, 2.45) is 16.3 Å². The van der Waals surface area contributed by atoms with E-state index in [0.717, 1.165) is 42.6 Å². The van der Waals surface area contributed by atoms with Crippen molar-refractivity contribution in [2.75, 3.05) is 19.7 Å². The number of furan rings is 1. The molecule has 2 fully saturated rings. The third-order valence-corrected chi connectivity index (χ3v) is 6.13. The van der Waals surface area contributed by atoms with Gasteiger partial charge < -0.3 is 24.9 Å². The zero-order valence-corrected chi connectivity index (χ0v) is 20.3. The number of aliphatic hydroxyl groups is 1. The van der Waals surface area contributed by atoms with Crippen LogP contribution in [0.4, 0.5) is 0 Å². The second kappa shape index (κ2) is 8.92. The van der Waals surface area contributed by atoms with Crippen molar-refractivity contribution >= 4 is 29.9 Å². The number of rotatable bonds is 5. The van der Waals surface area contributed by atoms with Crippen LogP contribution >= 0.6 is 24.0 Å². The Bertz CT molecular complexity index is 699. The monoisotopic (exact) mass is 505 g/mol. The highest BCUT2D eigenvalue weighted by molar-refractivity contribution is 14.0. The van der Waals surface area contributed by atoms with Gasteiger partial charge in [-0.2, -0.15) is 0 Å². The number of halogens is 1. The van der Waals surface area contributed by atoms with Gasteiger partial charge in [0.2, 0.25) is 0 Å². The maximum absolute atomic E-state index is 10.9. The summed E-state index contributed by atoms with van der Waals surface area (Å²) in [4.78, 5) is 4.70. The van der Waals surface area contributed by atoms with Crippen LogP contribution in [0.5, 0.6) is 0 Å². The fourth-order valence-electron chi connectivity index (χ4n) is 4.77. The van der Waals surface area contributed by atoms with E-state index in [4.69, 9.17) is 14.1 Å².